The zero-order chi connectivity index (χ0) is 9.26. The Hall–Kier alpha value is -1.09. The molecule has 1 aliphatic heterocycles. The number of nitrogens with two attached hydrogens (primary N) is 1. The molecule has 1 aromatic rings. The van der Waals surface area contributed by atoms with Crippen molar-refractivity contribution < 1.29 is 0 Å². The third-order valence-electron chi connectivity index (χ3n) is 2.33. The number of nitrogens with zero attached hydrogens (tertiary/aromatic N) is 2. The van der Waals surface area contributed by atoms with Crippen LogP contribution in [0.15, 0.2) is 18.3 Å². The number of aromatic nitrogens is 1. The van der Waals surface area contributed by atoms with Gasteiger partial charge < -0.3 is 10.6 Å². The molecule has 70 valence electrons. The maximum Gasteiger partial charge on any atom is 0.131 e. The maximum absolute atomic E-state index is 5.76. The largest absolute Gasteiger partial charge is 0.355 e. The van der Waals surface area contributed by atoms with E-state index in [-0.39, 0.29) is 6.04 Å². The number of rotatable bonds is 2. The van der Waals surface area contributed by atoms with Gasteiger partial charge in [-0.1, -0.05) is 6.07 Å². The Kier molecular flexibility index (Phi) is 2.19. The molecule has 0 spiro atoms. The molecule has 0 saturated heterocycles. The molecule has 0 bridgehead atoms. The van der Waals surface area contributed by atoms with Gasteiger partial charge in [0.25, 0.3) is 0 Å². The second-order valence-corrected chi connectivity index (χ2v) is 3.66. The lowest BCUT2D eigenvalue weighted by Crippen LogP contribution is -2.34. The minimum absolute atomic E-state index is 0.216. The fraction of sp³-hybridized carbons (Fsp3) is 0.500. The molecular weight excluding hydrogens is 162 g/mol. The third kappa shape index (κ3) is 1.65. The quantitative estimate of drug-likeness (QED) is 0.726. The van der Waals surface area contributed by atoms with Crippen molar-refractivity contribution in [2.24, 2.45) is 5.73 Å². The third-order valence-corrected chi connectivity index (χ3v) is 2.33. The van der Waals surface area contributed by atoms with Crippen LogP contribution in [0.2, 0.25) is 0 Å². The highest BCUT2D eigenvalue weighted by Gasteiger charge is 2.19. The van der Waals surface area contributed by atoms with Gasteiger partial charge in [-0.15, -0.1) is 0 Å². The molecule has 1 aliphatic rings. The van der Waals surface area contributed by atoms with Crippen molar-refractivity contribution in [2.45, 2.75) is 19.4 Å². The Morgan fingerprint density at radius 3 is 3.31 bits per heavy atom. The first kappa shape index (κ1) is 8.51. The Balaban J connectivity index is 2.18. The van der Waals surface area contributed by atoms with Gasteiger partial charge in [0.15, 0.2) is 0 Å². The van der Waals surface area contributed by atoms with E-state index in [1.807, 2.05) is 19.2 Å². The van der Waals surface area contributed by atoms with Crippen molar-refractivity contribution in [3.63, 3.8) is 0 Å². The molecule has 13 heavy (non-hydrogen) atoms. The summed E-state index contributed by atoms with van der Waals surface area (Å²) in [5, 5.41) is 0. The molecule has 1 unspecified atom stereocenters. The smallest absolute Gasteiger partial charge is 0.131 e. The van der Waals surface area contributed by atoms with Gasteiger partial charge in [0.1, 0.15) is 5.82 Å². The normalized spacial score (nSPS) is 17.2. The summed E-state index contributed by atoms with van der Waals surface area (Å²) in [5.74, 6) is 1.12. The summed E-state index contributed by atoms with van der Waals surface area (Å²) in [6, 6.07) is 4.35. The van der Waals surface area contributed by atoms with E-state index in [1.165, 1.54) is 5.56 Å². The van der Waals surface area contributed by atoms with Gasteiger partial charge in [0, 0.05) is 25.3 Å². The number of anilines is 1. The number of fused-ring (bicyclic) bond motifs is 1. The molecule has 0 radical (unpaired) electrons. The van der Waals surface area contributed by atoms with Gasteiger partial charge in [-0.25, -0.2) is 4.98 Å². The molecule has 3 nitrogen and oxygen atoms in total. The van der Waals surface area contributed by atoms with Crippen LogP contribution in [0.4, 0.5) is 5.82 Å². The molecule has 0 aliphatic carbocycles. The van der Waals surface area contributed by atoms with Crippen LogP contribution in [0.3, 0.4) is 0 Å². The van der Waals surface area contributed by atoms with Crippen molar-refractivity contribution >= 4 is 5.82 Å². The van der Waals surface area contributed by atoms with Crippen LogP contribution in [0.25, 0.3) is 0 Å². The Bertz CT molecular complexity index is 296. The molecule has 2 N–H and O–H groups in total. The first-order valence-electron chi connectivity index (χ1n) is 4.72. The highest BCUT2D eigenvalue weighted by molar-refractivity contribution is 5.51. The summed E-state index contributed by atoms with van der Waals surface area (Å²) < 4.78 is 0. The molecule has 0 saturated carbocycles. The van der Waals surface area contributed by atoms with Gasteiger partial charge in [0.05, 0.1) is 0 Å². The van der Waals surface area contributed by atoms with Crippen molar-refractivity contribution in [3.05, 3.63) is 23.9 Å². The van der Waals surface area contributed by atoms with Gasteiger partial charge in [-0.05, 0) is 25.0 Å². The highest BCUT2D eigenvalue weighted by Crippen LogP contribution is 2.24. The summed E-state index contributed by atoms with van der Waals surface area (Å²) >= 11 is 0. The number of pyridine rings is 1. The van der Waals surface area contributed by atoms with E-state index in [0.717, 1.165) is 25.3 Å². The second kappa shape index (κ2) is 3.34. The average Bonchev–Trinajstić information content (AvgIpc) is 2.48. The minimum Gasteiger partial charge on any atom is -0.355 e. The Morgan fingerprint density at radius 2 is 2.54 bits per heavy atom. The first-order chi connectivity index (χ1) is 6.27. The van der Waals surface area contributed by atoms with Crippen LogP contribution >= 0.6 is 0 Å². The van der Waals surface area contributed by atoms with Crippen LogP contribution < -0.4 is 10.6 Å². The fourth-order valence-corrected chi connectivity index (χ4v) is 1.80. The molecule has 1 atom stereocenters. The Morgan fingerprint density at radius 1 is 1.69 bits per heavy atom. The molecule has 0 aromatic carbocycles. The summed E-state index contributed by atoms with van der Waals surface area (Å²) in [6.07, 6.45) is 2.95. The number of hydrogen-bond acceptors (Lipinski definition) is 3. The van der Waals surface area contributed by atoms with Gasteiger partial charge >= 0.3 is 0 Å². The van der Waals surface area contributed by atoms with Crippen molar-refractivity contribution in [1.29, 1.82) is 0 Å². The monoisotopic (exact) mass is 177 g/mol. The lowest BCUT2D eigenvalue weighted by atomic mass is 10.2. The minimum atomic E-state index is 0.216. The van der Waals surface area contributed by atoms with Crippen molar-refractivity contribution in [1.82, 2.24) is 4.98 Å². The van der Waals surface area contributed by atoms with E-state index in [1.54, 1.807) is 0 Å². The van der Waals surface area contributed by atoms with E-state index in [0.29, 0.717) is 0 Å². The lowest BCUT2D eigenvalue weighted by molar-refractivity contribution is 0.689. The zero-order valence-electron chi connectivity index (χ0n) is 7.90. The zero-order valence-corrected chi connectivity index (χ0v) is 7.90. The molecular formula is C10H15N3. The summed E-state index contributed by atoms with van der Waals surface area (Å²) in [5.41, 5.74) is 7.11. The average molecular weight is 177 g/mol. The van der Waals surface area contributed by atoms with E-state index < -0.39 is 0 Å². The maximum atomic E-state index is 5.76. The summed E-state index contributed by atoms with van der Waals surface area (Å²) in [6.45, 7) is 4.00. The molecule has 1 aromatic heterocycles. The van der Waals surface area contributed by atoms with Crippen LogP contribution in [0.1, 0.15) is 12.5 Å². The molecule has 2 rings (SSSR count). The SMILES string of the molecule is CC(N)CN1CCc2cccnc21. The first-order valence-corrected chi connectivity index (χ1v) is 4.72. The van der Waals surface area contributed by atoms with E-state index in [2.05, 4.69) is 16.0 Å². The van der Waals surface area contributed by atoms with E-state index >= 15 is 0 Å². The molecule has 0 fully saturated rings. The van der Waals surface area contributed by atoms with E-state index in [4.69, 9.17) is 5.73 Å². The number of hydrogen-bond donors (Lipinski definition) is 1. The predicted molar refractivity (Wildman–Crippen MR) is 53.8 cm³/mol. The van der Waals surface area contributed by atoms with Crippen molar-refractivity contribution in [2.75, 3.05) is 18.0 Å². The molecule has 0 amide bonds. The van der Waals surface area contributed by atoms with Crippen LogP contribution in [0.5, 0.6) is 0 Å². The van der Waals surface area contributed by atoms with Crippen molar-refractivity contribution in [3.8, 4) is 0 Å². The topological polar surface area (TPSA) is 42.1 Å². The highest BCUT2D eigenvalue weighted by atomic mass is 15.2. The molecule has 2 heterocycles. The Labute approximate surface area is 78.6 Å². The van der Waals surface area contributed by atoms with Gasteiger partial charge in [0.2, 0.25) is 0 Å². The van der Waals surface area contributed by atoms with Crippen LogP contribution in [-0.4, -0.2) is 24.1 Å². The predicted octanol–water partition coefficient (Wildman–Crippen LogP) is 0.791. The fourth-order valence-electron chi connectivity index (χ4n) is 1.80. The van der Waals surface area contributed by atoms with Crippen LogP contribution in [-0.2, 0) is 6.42 Å². The standard InChI is InChI=1S/C10H15N3/c1-8(11)7-13-6-4-9-3-2-5-12-10(9)13/h2-3,5,8H,4,6-7,11H2,1H3. The van der Waals surface area contributed by atoms with Gasteiger partial charge in [-0.3, -0.25) is 0 Å². The van der Waals surface area contributed by atoms with Crippen LogP contribution in [0, 0.1) is 0 Å². The van der Waals surface area contributed by atoms with E-state index in [9.17, 15) is 0 Å². The molecule has 3 heteroatoms. The van der Waals surface area contributed by atoms with Gasteiger partial charge in [-0.2, -0.15) is 0 Å². The lowest BCUT2D eigenvalue weighted by Gasteiger charge is -2.19. The summed E-state index contributed by atoms with van der Waals surface area (Å²) in [7, 11) is 0. The summed E-state index contributed by atoms with van der Waals surface area (Å²) in [4.78, 5) is 6.63. The second-order valence-electron chi connectivity index (χ2n) is 3.66.